The number of amides is 2. The average molecular weight is 415 g/mol. The molecule has 158 valence electrons. The molecule has 1 aliphatic rings. The van der Waals surface area contributed by atoms with Gasteiger partial charge >= 0.3 is 0 Å². The summed E-state index contributed by atoms with van der Waals surface area (Å²) in [4.78, 5) is 34.0. The van der Waals surface area contributed by atoms with E-state index in [2.05, 4.69) is 4.98 Å². The van der Waals surface area contributed by atoms with Crippen LogP contribution >= 0.6 is 0 Å². The summed E-state index contributed by atoms with van der Waals surface area (Å²) in [6.45, 7) is 3.59. The van der Waals surface area contributed by atoms with Crippen molar-refractivity contribution >= 4 is 23.2 Å². The molecule has 6 heteroatoms. The molecule has 0 aliphatic carbocycles. The molecule has 0 spiro atoms. The summed E-state index contributed by atoms with van der Waals surface area (Å²) in [5, 5.41) is 0. The molecule has 4 rings (SSSR count). The van der Waals surface area contributed by atoms with Gasteiger partial charge in [-0.15, -0.1) is 0 Å². The minimum Gasteiger partial charge on any atom is -0.480 e. The second-order valence-electron chi connectivity index (χ2n) is 7.62. The SMILES string of the molecule is COc1ncccc1C(=O)N1c2ccccc2[C@H](N(C(C)=O)c2ccccc2)C[C@@H]1C. The Morgan fingerprint density at radius 2 is 1.74 bits per heavy atom. The molecule has 1 aromatic heterocycles. The molecular weight excluding hydrogens is 390 g/mol. The lowest BCUT2D eigenvalue weighted by Crippen LogP contribution is -2.47. The van der Waals surface area contributed by atoms with Gasteiger partial charge in [0.15, 0.2) is 0 Å². The fraction of sp³-hybridized carbons (Fsp3) is 0.240. The Kier molecular flexibility index (Phi) is 5.71. The van der Waals surface area contributed by atoms with Crippen molar-refractivity contribution in [1.29, 1.82) is 0 Å². The molecule has 2 atom stereocenters. The number of anilines is 2. The van der Waals surface area contributed by atoms with Gasteiger partial charge in [0.25, 0.3) is 5.91 Å². The van der Waals surface area contributed by atoms with E-state index >= 15 is 0 Å². The molecule has 0 saturated carbocycles. The van der Waals surface area contributed by atoms with Gasteiger partial charge in [-0.3, -0.25) is 9.59 Å². The Bertz CT molecular complexity index is 1100. The van der Waals surface area contributed by atoms with Crippen molar-refractivity contribution in [3.63, 3.8) is 0 Å². The molecule has 0 saturated heterocycles. The Morgan fingerprint density at radius 1 is 1.03 bits per heavy atom. The van der Waals surface area contributed by atoms with Crippen molar-refractivity contribution in [2.75, 3.05) is 16.9 Å². The van der Waals surface area contributed by atoms with E-state index in [9.17, 15) is 9.59 Å². The molecule has 31 heavy (non-hydrogen) atoms. The number of hydrogen-bond acceptors (Lipinski definition) is 4. The van der Waals surface area contributed by atoms with Crippen LogP contribution < -0.4 is 14.5 Å². The number of carbonyl (C=O) groups excluding carboxylic acids is 2. The van der Waals surface area contributed by atoms with E-state index in [4.69, 9.17) is 4.74 Å². The third kappa shape index (κ3) is 3.77. The van der Waals surface area contributed by atoms with Crippen LogP contribution in [0.25, 0.3) is 0 Å². The third-order valence-corrected chi connectivity index (χ3v) is 5.66. The van der Waals surface area contributed by atoms with E-state index in [-0.39, 0.29) is 23.9 Å². The van der Waals surface area contributed by atoms with Gasteiger partial charge in [-0.25, -0.2) is 4.98 Å². The molecule has 1 aliphatic heterocycles. The highest BCUT2D eigenvalue weighted by molar-refractivity contribution is 6.09. The van der Waals surface area contributed by atoms with Gasteiger partial charge in [0.1, 0.15) is 5.56 Å². The van der Waals surface area contributed by atoms with Gasteiger partial charge < -0.3 is 14.5 Å². The Balaban J connectivity index is 1.80. The van der Waals surface area contributed by atoms with Crippen LogP contribution in [0.5, 0.6) is 5.88 Å². The summed E-state index contributed by atoms with van der Waals surface area (Å²) in [6, 6.07) is 20.6. The van der Waals surface area contributed by atoms with Crippen LogP contribution in [0.4, 0.5) is 11.4 Å². The first-order chi connectivity index (χ1) is 15.0. The van der Waals surface area contributed by atoms with Crippen LogP contribution in [0, 0.1) is 0 Å². The number of pyridine rings is 1. The van der Waals surface area contributed by atoms with E-state index in [0.29, 0.717) is 17.9 Å². The normalized spacial score (nSPS) is 17.6. The number of rotatable bonds is 4. The zero-order valence-electron chi connectivity index (χ0n) is 17.9. The number of methoxy groups -OCH3 is 1. The molecule has 2 aromatic carbocycles. The molecule has 2 amide bonds. The Morgan fingerprint density at radius 3 is 2.45 bits per heavy atom. The number of aromatic nitrogens is 1. The van der Waals surface area contributed by atoms with Gasteiger partial charge in [0, 0.05) is 30.5 Å². The first-order valence-electron chi connectivity index (χ1n) is 10.3. The van der Waals surface area contributed by atoms with Crippen molar-refractivity contribution in [3.8, 4) is 5.88 Å². The molecule has 0 bridgehead atoms. The minimum absolute atomic E-state index is 0.0353. The van der Waals surface area contributed by atoms with Crippen LogP contribution in [0.1, 0.15) is 42.2 Å². The average Bonchev–Trinajstić information content (AvgIpc) is 2.79. The van der Waals surface area contributed by atoms with E-state index in [1.165, 1.54) is 7.11 Å². The van der Waals surface area contributed by atoms with Crippen LogP contribution in [0.15, 0.2) is 72.9 Å². The van der Waals surface area contributed by atoms with Crippen LogP contribution in [0.3, 0.4) is 0 Å². The predicted octanol–water partition coefficient (Wildman–Crippen LogP) is 4.62. The summed E-state index contributed by atoms with van der Waals surface area (Å²) in [7, 11) is 1.51. The lowest BCUT2D eigenvalue weighted by Gasteiger charge is -2.43. The molecule has 0 unspecified atom stereocenters. The smallest absolute Gasteiger partial charge is 0.264 e. The van der Waals surface area contributed by atoms with E-state index in [0.717, 1.165) is 16.9 Å². The quantitative estimate of drug-likeness (QED) is 0.624. The minimum atomic E-state index is -0.175. The number of fused-ring (bicyclic) bond motifs is 1. The van der Waals surface area contributed by atoms with Gasteiger partial charge in [0.05, 0.1) is 13.2 Å². The van der Waals surface area contributed by atoms with Crippen molar-refractivity contribution in [2.24, 2.45) is 0 Å². The number of nitrogens with zero attached hydrogens (tertiary/aromatic N) is 3. The molecule has 2 heterocycles. The summed E-state index contributed by atoms with van der Waals surface area (Å²) in [5.74, 6) is 0.0956. The highest BCUT2D eigenvalue weighted by atomic mass is 16.5. The molecule has 0 N–H and O–H groups in total. The van der Waals surface area contributed by atoms with Crippen molar-refractivity contribution in [2.45, 2.75) is 32.4 Å². The molecule has 0 fully saturated rings. The number of carbonyl (C=O) groups is 2. The zero-order chi connectivity index (χ0) is 22.0. The summed E-state index contributed by atoms with van der Waals surface area (Å²) in [6.07, 6.45) is 2.21. The first kappa shape index (κ1) is 20.6. The summed E-state index contributed by atoms with van der Waals surface area (Å²) < 4.78 is 5.32. The predicted molar refractivity (Wildman–Crippen MR) is 120 cm³/mol. The molecule has 0 radical (unpaired) electrons. The van der Waals surface area contributed by atoms with Gasteiger partial charge in [-0.2, -0.15) is 0 Å². The van der Waals surface area contributed by atoms with Crippen molar-refractivity contribution in [1.82, 2.24) is 4.98 Å². The van der Waals surface area contributed by atoms with Crippen LogP contribution in [-0.2, 0) is 4.79 Å². The maximum absolute atomic E-state index is 13.6. The highest BCUT2D eigenvalue weighted by Gasteiger charge is 2.38. The second-order valence-corrected chi connectivity index (χ2v) is 7.62. The summed E-state index contributed by atoms with van der Waals surface area (Å²) >= 11 is 0. The zero-order valence-corrected chi connectivity index (χ0v) is 17.9. The first-order valence-corrected chi connectivity index (χ1v) is 10.3. The second kappa shape index (κ2) is 8.60. The Labute approximate surface area is 182 Å². The number of hydrogen-bond donors (Lipinski definition) is 0. The fourth-order valence-electron chi connectivity index (χ4n) is 4.35. The van der Waals surface area contributed by atoms with Gasteiger partial charge in [0.2, 0.25) is 11.8 Å². The van der Waals surface area contributed by atoms with Gasteiger partial charge in [-0.1, -0.05) is 36.4 Å². The lowest BCUT2D eigenvalue weighted by molar-refractivity contribution is -0.117. The maximum Gasteiger partial charge on any atom is 0.264 e. The maximum atomic E-state index is 13.6. The molecular formula is C25H25N3O3. The number of benzene rings is 2. The van der Waals surface area contributed by atoms with E-state index in [1.807, 2.05) is 66.4 Å². The molecule has 3 aromatic rings. The standard InChI is InChI=1S/C25H25N3O3/c1-17-16-23(28(18(2)29)19-10-5-4-6-11-19)20-12-7-8-14-22(20)27(17)25(30)21-13-9-15-26-24(21)31-3/h4-15,17,23H,16H2,1-3H3/t17-,23+/m0/s1. The van der Waals surface area contributed by atoms with Gasteiger partial charge in [-0.05, 0) is 49.2 Å². The number of ether oxygens (including phenoxy) is 1. The van der Waals surface area contributed by atoms with E-state index in [1.54, 1.807) is 30.2 Å². The fourth-order valence-corrected chi connectivity index (χ4v) is 4.35. The molecule has 6 nitrogen and oxygen atoms in total. The van der Waals surface area contributed by atoms with Crippen molar-refractivity contribution < 1.29 is 14.3 Å². The topological polar surface area (TPSA) is 62.7 Å². The summed E-state index contributed by atoms with van der Waals surface area (Å²) in [5.41, 5.74) is 2.99. The van der Waals surface area contributed by atoms with Crippen LogP contribution in [0.2, 0.25) is 0 Å². The lowest BCUT2D eigenvalue weighted by atomic mass is 9.89. The van der Waals surface area contributed by atoms with Crippen LogP contribution in [-0.4, -0.2) is 29.9 Å². The van der Waals surface area contributed by atoms with E-state index < -0.39 is 0 Å². The third-order valence-electron chi connectivity index (χ3n) is 5.66. The highest BCUT2D eigenvalue weighted by Crippen LogP contribution is 2.43. The monoisotopic (exact) mass is 415 g/mol. The largest absolute Gasteiger partial charge is 0.480 e. The number of para-hydroxylation sites is 2. The Hall–Kier alpha value is -3.67. The van der Waals surface area contributed by atoms with Crippen molar-refractivity contribution in [3.05, 3.63) is 84.1 Å².